The highest BCUT2D eigenvalue weighted by atomic mass is 16.5. The Bertz CT molecular complexity index is 644. The molecule has 0 amide bonds. The van der Waals surface area contributed by atoms with E-state index in [2.05, 4.69) is 6.58 Å². The second-order valence-electron chi connectivity index (χ2n) is 6.44. The number of esters is 1. The van der Waals surface area contributed by atoms with Crippen LogP contribution in [0.4, 0.5) is 0 Å². The number of ketones is 1. The maximum Gasteiger partial charge on any atom is 0.338 e. The van der Waals surface area contributed by atoms with Gasteiger partial charge in [0.15, 0.2) is 5.78 Å². The molecule has 0 N–H and O–H groups in total. The summed E-state index contributed by atoms with van der Waals surface area (Å²) in [4.78, 5) is 24.3. The summed E-state index contributed by atoms with van der Waals surface area (Å²) < 4.78 is 5.90. The summed E-state index contributed by atoms with van der Waals surface area (Å²) in [6.45, 7) is 3.88. The molecule has 2 atom stereocenters. The Morgan fingerprint density at radius 3 is 2.83 bits per heavy atom. The molecule has 0 heterocycles. The van der Waals surface area contributed by atoms with Gasteiger partial charge in [0.1, 0.15) is 6.10 Å². The summed E-state index contributed by atoms with van der Waals surface area (Å²) in [5, 5.41) is 0. The Hall–Kier alpha value is -2.16. The first kappa shape index (κ1) is 15.7. The van der Waals surface area contributed by atoms with E-state index in [0.717, 1.165) is 37.7 Å². The summed E-state index contributed by atoms with van der Waals surface area (Å²) in [7, 11) is 0. The van der Waals surface area contributed by atoms with Gasteiger partial charge in [0.25, 0.3) is 0 Å². The number of rotatable bonds is 4. The van der Waals surface area contributed by atoms with Gasteiger partial charge >= 0.3 is 5.97 Å². The van der Waals surface area contributed by atoms with E-state index in [1.54, 1.807) is 18.2 Å². The number of ether oxygens (including phenoxy) is 1. The first-order valence-corrected chi connectivity index (χ1v) is 8.26. The zero-order valence-electron chi connectivity index (χ0n) is 13.3. The van der Waals surface area contributed by atoms with Crippen LogP contribution in [0.15, 0.2) is 54.6 Å². The lowest BCUT2D eigenvalue weighted by molar-refractivity contribution is -0.117. The van der Waals surface area contributed by atoms with Crippen molar-refractivity contribution < 1.29 is 14.3 Å². The van der Waals surface area contributed by atoms with Gasteiger partial charge in [-0.3, -0.25) is 4.79 Å². The number of hydrogen-bond acceptors (Lipinski definition) is 3. The van der Waals surface area contributed by atoms with Crippen LogP contribution in [-0.4, -0.2) is 17.9 Å². The number of fused-ring (bicyclic) bond motifs is 1. The van der Waals surface area contributed by atoms with Gasteiger partial charge in [-0.15, -0.1) is 6.58 Å². The third-order valence-corrected chi connectivity index (χ3v) is 5.09. The molecular weight excluding hydrogens is 288 g/mol. The molecule has 0 saturated heterocycles. The number of benzene rings is 1. The summed E-state index contributed by atoms with van der Waals surface area (Å²) in [5.41, 5.74) is 1.48. The van der Waals surface area contributed by atoms with Gasteiger partial charge in [-0.25, -0.2) is 4.79 Å². The zero-order valence-corrected chi connectivity index (χ0v) is 13.3. The molecule has 23 heavy (non-hydrogen) atoms. The Morgan fingerprint density at radius 2 is 2.09 bits per heavy atom. The first-order valence-electron chi connectivity index (χ1n) is 8.26. The number of carbonyl (C=O) groups is 2. The van der Waals surface area contributed by atoms with Gasteiger partial charge in [0.05, 0.1) is 5.56 Å². The van der Waals surface area contributed by atoms with Crippen LogP contribution in [0.5, 0.6) is 0 Å². The molecule has 0 bridgehead atoms. The van der Waals surface area contributed by atoms with Crippen molar-refractivity contribution >= 4 is 11.8 Å². The molecule has 1 aromatic rings. The van der Waals surface area contributed by atoms with Gasteiger partial charge in [-0.1, -0.05) is 29.8 Å². The van der Waals surface area contributed by atoms with Crippen molar-refractivity contribution in [2.75, 3.05) is 0 Å². The van der Waals surface area contributed by atoms with Gasteiger partial charge < -0.3 is 4.74 Å². The van der Waals surface area contributed by atoms with E-state index in [0.29, 0.717) is 12.0 Å². The number of carbonyl (C=O) groups excluding carboxylic acids is 2. The molecule has 0 aliphatic heterocycles. The zero-order chi connectivity index (χ0) is 16.3. The van der Waals surface area contributed by atoms with E-state index < -0.39 is 0 Å². The van der Waals surface area contributed by atoms with Crippen LogP contribution in [0, 0.1) is 5.41 Å². The van der Waals surface area contributed by atoms with Crippen molar-refractivity contribution in [1.82, 2.24) is 0 Å². The average Bonchev–Trinajstić information content (AvgIpc) is 2.57. The fourth-order valence-electron chi connectivity index (χ4n) is 3.93. The lowest BCUT2D eigenvalue weighted by Crippen LogP contribution is -2.44. The molecule has 0 unspecified atom stereocenters. The van der Waals surface area contributed by atoms with Crippen molar-refractivity contribution in [3.05, 3.63) is 60.2 Å². The molecule has 0 radical (unpaired) electrons. The fraction of sp³-hybridized carbons (Fsp3) is 0.400. The van der Waals surface area contributed by atoms with E-state index in [-0.39, 0.29) is 23.3 Å². The molecule has 1 fully saturated rings. The van der Waals surface area contributed by atoms with Crippen molar-refractivity contribution in [3.8, 4) is 0 Å². The monoisotopic (exact) mass is 310 g/mol. The van der Waals surface area contributed by atoms with E-state index in [4.69, 9.17) is 4.74 Å². The van der Waals surface area contributed by atoms with E-state index in [1.807, 2.05) is 24.3 Å². The summed E-state index contributed by atoms with van der Waals surface area (Å²) >= 11 is 0. The highest BCUT2D eigenvalue weighted by Crippen LogP contribution is 2.51. The molecule has 3 nitrogen and oxygen atoms in total. The Balaban J connectivity index is 1.88. The third-order valence-electron chi connectivity index (χ3n) is 5.09. The summed E-state index contributed by atoms with van der Waals surface area (Å²) in [5.74, 6) is -0.0908. The predicted molar refractivity (Wildman–Crippen MR) is 89.1 cm³/mol. The SMILES string of the molecule is C=CC[C@@]12CCC(=O)C=C1CCC[C@H]2OC(=O)c1ccccc1. The van der Waals surface area contributed by atoms with Crippen molar-refractivity contribution in [2.45, 2.75) is 44.6 Å². The smallest absolute Gasteiger partial charge is 0.338 e. The highest BCUT2D eigenvalue weighted by Gasteiger charge is 2.47. The molecule has 120 valence electrons. The minimum absolute atomic E-state index is 0.179. The summed E-state index contributed by atoms with van der Waals surface area (Å²) in [6.07, 6.45) is 8.22. The maximum absolute atomic E-state index is 12.5. The fourth-order valence-corrected chi connectivity index (χ4v) is 3.93. The molecule has 1 aromatic carbocycles. The van der Waals surface area contributed by atoms with Crippen LogP contribution in [0.2, 0.25) is 0 Å². The van der Waals surface area contributed by atoms with Gasteiger partial charge in [-0.2, -0.15) is 0 Å². The van der Waals surface area contributed by atoms with Crippen LogP contribution in [0.25, 0.3) is 0 Å². The number of allylic oxidation sites excluding steroid dienone is 2. The molecule has 2 aliphatic carbocycles. The molecule has 3 heteroatoms. The van der Waals surface area contributed by atoms with E-state index in [9.17, 15) is 9.59 Å². The molecular formula is C20H22O3. The third kappa shape index (κ3) is 3.00. The Labute approximate surface area is 137 Å². The highest BCUT2D eigenvalue weighted by molar-refractivity contribution is 5.92. The standard InChI is InChI=1S/C20H22O3/c1-2-12-20-13-11-17(21)14-16(20)9-6-10-18(20)23-19(22)15-7-4-3-5-8-15/h2-5,7-8,14,18H,1,6,9-13H2/t18-,20-/m1/s1. The minimum atomic E-state index is -0.280. The minimum Gasteiger partial charge on any atom is -0.458 e. The lowest BCUT2D eigenvalue weighted by Gasteiger charge is -2.46. The Morgan fingerprint density at radius 1 is 1.30 bits per heavy atom. The van der Waals surface area contributed by atoms with E-state index >= 15 is 0 Å². The largest absolute Gasteiger partial charge is 0.458 e. The van der Waals surface area contributed by atoms with Crippen LogP contribution >= 0.6 is 0 Å². The van der Waals surface area contributed by atoms with Crippen LogP contribution < -0.4 is 0 Å². The molecule has 0 spiro atoms. The summed E-state index contributed by atoms with van der Waals surface area (Å²) in [6, 6.07) is 9.09. The quantitative estimate of drug-likeness (QED) is 0.617. The van der Waals surface area contributed by atoms with Crippen molar-refractivity contribution in [3.63, 3.8) is 0 Å². The average molecular weight is 310 g/mol. The van der Waals surface area contributed by atoms with Gasteiger partial charge in [-0.05, 0) is 50.3 Å². The lowest BCUT2D eigenvalue weighted by atomic mass is 9.61. The molecule has 1 saturated carbocycles. The second-order valence-corrected chi connectivity index (χ2v) is 6.44. The van der Waals surface area contributed by atoms with Crippen LogP contribution in [0.3, 0.4) is 0 Å². The van der Waals surface area contributed by atoms with E-state index in [1.165, 1.54) is 0 Å². The Kier molecular flexibility index (Phi) is 4.46. The van der Waals surface area contributed by atoms with Crippen LogP contribution in [0.1, 0.15) is 48.9 Å². The van der Waals surface area contributed by atoms with Crippen molar-refractivity contribution in [1.29, 1.82) is 0 Å². The van der Waals surface area contributed by atoms with Crippen molar-refractivity contribution in [2.24, 2.45) is 5.41 Å². The second kappa shape index (κ2) is 6.53. The van der Waals surface area contributed by atoms with Gasteiger partial charge in [0.2, 0.25) is 0 Å². The number of hydrogen-bond donors (Lipinski definition) is 0. The normalized spacial score (nSPS) is 26.9. The predicted octanol–water partition coefficient (Wildman–Crippen LogP) is 4.25. The van der Waals surface area contributed by atoms with Gasteiger partial charge in [0, 0.05) is 11.8 Å². The first-order chi connectivity index (χ1) is 11.2. The molecule has 2 aliphatic rings. The molecule has 3 rings (SSSR count). The topological polar surface area (TPSA) is 43.4 Å². The molecule has 0 aromatic heterocycles. The van der Waals surface area contributed by atoms with Crippen LogP contribution in [-0.2, 0) is 9.53 Å². The maximum atomic E-state index is 12.5.